The van der Waals surface area contributed by atoms with Crippen molar-refractivity contribution in [1.29, 1.82) is 0 Å². The minimum Gasteiger partial charge on any atom is -0.337 e. The van der Waals surface area contributed by atoms with E-state index in [1.165, 1.54) is 10.9 Å². The van der Waals surface area contributed by atoms with Crippen molar-refractivity contribution in [3.05, 3.63) is 53.6 Å². The highest BCUT2D eigenvalue weighted by molar-refractivity contribution is 5.94. The van der Waals surface area contributed by atoms with Crippen molar-refractivity contribution in [2.75, 3.05) is 5.32 Å². The number of anilines is 2. The Hall–Kier alpha value is -2.49. The smallest absolute Gasteiger partial charge is 0.148 e. The number of rotatable bonds is 4. The first-order valence-corrected chi connectivity index (χ1v) is 7.68. The molecule has 4 nitrogen and oxygen atoms in total. The molecule has 0 fully saturated rings. The third-order valence-electron chi connectivity index (χ3n) is 3.77. The quantitative estimate of drug-likeness (QED) is 0.783. The lowest BCUT2D eigenvalue weighted by molar-refractivity contribution is 1.03. The van der Waals surface area contributed by atoms with Crippen LogP contribution in [0.25, 0.3) is 10.9 Å². The predicted octanol–water partition coefficient (Wildman–Crippen LogP) is 4.20. The van der Waals surface area contributed by atoms with Crippen LogP contribution in [0.5, 0.6) is 0 Å². The molecule has 0 unspecified atom stereocenters. The van der Waals surface area contributed by atoms with Crippen molar-refractivity contribution >= 4 is 22.4 Å². The molecule has 0 bridgehead atoms. The van der Waals surface area contributed by atoms with E-state index in [0.29, 0.717) is 0 Å². The first-order valence-electron chi connectivity index (χ1n) is 7.68. The number of fused-ring (bicyclic) bond motifs is 1. The molecule has 1 aromatic carbocycles. The Balaban J connectivity index is 2.10. The van der Waals surface area contributed by atoms with Gasteiger partial charge in [-0.05, 0) is 37.5 Å². The number of aryl methyl sites for hydroxylation is 3. The molecule has 22 heavy (non-hydrogen) atoms. The van der Waals surface area contributed by atoms with E-state index < -0.39 is 0 Å². The summed E-state index contributed by atoms with van der Waals surface area (Å²) >= 11 is 0. The van der Waals surface area contributed by atoms with Crippen molar-refractivity contribution in [3.8, 4) is 0 Å². The van der Waals surface area contributed by atoms with Crippen LogP contribution in [0.15, 0.2) is 36.7 Å². The zero-order chi connectivity index (χ0) is 15.5. The summed E-state index contributed by atoms with van der Waals surface area (Å²) in [6.07, 6.45) is 5.44. The van der Waals surface area contributed by atoms with Crippen LogP contribution in [0.4, 0.5) is 11.5 Å². The van der Waals surface area contributed by atoms with Gasteiger partial charge in [-0.15, -0.1) is 0 Å². The summed E-state index contributed by atoms with van der Waals surface area (Å²) in [7, 11) is 0. The van der Waals surface area contributed by atoms with Gasteiger partial charge in [0.15, 0.2) is 0 Å². The van der Waals surface area contributed by atoms with Gasteiger partial charge in [0.05, 0.1) is 29.3 Å². The van der Waals surface area contributed by atoms with Crippen molar-refractivity contribution < 1.29 is 0 Å². The molecule has 0 radical (unpaired) electrons. The van der Waals surface area contributed by atoms with Crippen LogP contribution < -0.4 is 5.32 Å². The Bertz CT molecular complexity index is 794. The van der Waals surface area contributed by atoms with Crippen LogP contribution in [0, 0.1) is 6.92 Å². The molecule has 0 aliphatic rings. The van der Waals surface area contributed by atoms with E-state index in [1.54, 1.807) is 12.4 Å². The van der Waals surface area contributed by atoms with Crippen LogP contribution in [0.3, 0.4) is 0 Å². The van der Waals surface area contributed by atoms with Crippen LogP contribution in [0.1, 0.15) is 30.8 Å². The van der Waals surface area contributed by atoms with Crippen molar-refractivity contribution in [1.82, 2.24) is 15.0 Å². The highest BCUT2D eigenvalue weighted by Gasteiger charge is 2.08. The first kappa shape index (κ1) is 14.4. The van der Waals surface area contributed by atoms with E-state index in [-0.39, 0.29) is 0 Å². The third-order valence-corrected chi connectivity index (χ3v) is 3.77. The fourth-order valence-electron chi connectivity index (χ4n) is 2.55. The average molecular weight is 292 g/mol. The number of hydrogen-bond donors (Lipinski definition) is 1. The fraction of sp³-hybridized carbons (Fsp3) is 0.278. The van der Waals surface area contributed by atoms with Crippen LogP contribution >= 0.6 is 0 Å². The molecule has 2 aromatic heterocycles. The molecule has 0 saturated heterocycles. The number of nitrogens with one attached hydrogen (secondary N) is 1. The molecule has 0 amide bonds. The second-order valence-electron chi connectivity index (χ2n) is 5.35. The van der Waals surface area contributed by atoms with Gasteiger partial charge < -0.3 is 5.32 Å². The molecule has 3 aromatic rings. The summed E-state index contributed by atoms with van der Waals surface area (Å²) in [6, 6.07) is 8.43. The van der Waals surface area contributed by atoms with Crippen molar-refractivity contribution in [2.45, 2.75) is 33.6 Å². The van der Waals surface area contributed by atoms with Gasteiger partial charge in [-0.3, -0.25) is 9.97 Å². The van der Waals surface area contributed by atoms with Gasteiger partial charge in [0.2, 0.25) is 0 Å². The van der Waals surface area contributed by atoms with E-state index in [0.717, 1.165) is 41.3 Å². The van der Waals surface area contributed by atoms with Crippen LogP contribution in [-0.2, 0) is 12.8 Å². The number of nitrogens with zero attached hydrogens (tertiary/aromatic N) is 3. The van der Waals surface area contributed by atoms with E-state index in [2.05, 4.69) is 47.3 Å². The molecule has 4 heteroatoms. The summed E-state index contributed by atoms with van der Waals surface area (Å²) in [5, 5.41) is 4.54. The van der Waals surface area contributed by atoms with Gasteiger partial charge >= 0.3 is 0 Å². The lowest BCUT2D eigenvalue weighted by Crippen LogP contribution is -2.00. The zero-order valence-electron chi connectivity index (χ0n) is 13.2. The van der Waals surface area contributed by atoms with Gasteiger partial charge in [-0.25, -0.2) is 4.98 Å². The molecule has 0 aliphatic heterocycles. The van der Waals surface area contributed by atoms with Gasteiger partial charge in [-0.1, -0.05) is 26.0 Å². The fourth-order valence-corrected chi connectivity index (χ4v) is 2.55. The standard InChI is InChI=1S/C18H20N4/c1-4-13-9-14(5-2)21-18-15(13)7-6-8-16(18)22-17-11-19-12(3)10-20-17/h6-11H,4-5H2,1-3H3,(H,20,22). The van der Waals surface area contributed by atoms with E-state index in [4.69, 9.17) is 4.98 Å². The van der Waals surface area contributed by atoms with Crippen molar-refractivity contribution in [2.24, 2.45) is 0 Å². The molecule has 0 spiro atoms. The highest BCUT2D eigenvalue weighted by Crippen LogP contribution is 2.27. The number of pyridine rings is 1. The number of benzene rings is 1. The maximum Gasteiger partial charge on any atom is 0.148 e. The monoisotopic (exact) mass is 292 g/mol. The number of para-hydroxylation sites is 1. The van der Waals surface area contributed by atoms with Gasteiger partial charge in [0.1, 0.15) is 5.82 Å². The average Bonchev–Trinajstić information content (AvgIpc) is 2.56. The molecule has 0 saturated carbocycles. The normalized spacial score (nSPS) is 10.9. The van der Waals surface area contributed by atoms with Crippen molar-refractivity contribution in [3.63, 3.8) is 0 Å². The summed E-state index contributed by atoms with van der Waals surface area (Å²) in [5.41, 5.74) is 5.33. The Morgan fingerprint density at radius 2 is 1.91 bits per heavy atom. The van der Waals surface area contributed by atoms with E-state index in [9.17, 15) is 0 Å². The summed E-state index contributed by atoms with van der Waals surface area (Å²) < 4.78 is 0. The summed E-state index contributed by atoms with van der Waals surface area (Å²) in [4.78, 5) is 13.4. The minimum absolute atomic E-state index is 0.736. The Morgan fingerprint density at radius 1 is 1.05 bits per heavy atom. The Morgan fingerprint density at radius 3 is 2.59 bits per heavy atom. The van der Waals surface area contributed by atoms with E-state index >= 15 is 0 Å². The molecule has 1 N–H and O–H groups in total. The first-order chi connectivity index (χ1) is 10.7. The Kier molecular flexibility index (Phi) is 4.00. The highest BCUT2D eigenvalue weighted by atomic mass is 15.0. The zero-order valence-corrected chi connectivity index (χ0v) is 13.2. The number of aromatic nitrogens is 3. The topological polar surface area (TPSA) is 50.7 Å². The summed E-state index contributed by atoms with van der Waals surface area (Å²) in [6.45, 7) is 6.24. The maximum absolute atomic E-state index is 4.81. The second kappa shape index (κ2) is 6.10. The van der Waals surface area contributed by atoms with Crippen LogP contribution in [-0.4, -0.2) is 15.0 Å². The lowest BCUT2D eigenvalue weighted by atomic mass is 10.0. The van der Waals surface area contributed by atoms with E-state index in [1.807, 2.05) is 13.0 Å². The molecule has 112 valence electrons. The van der Waals surface area contributed by atoms with Crippen LogP contribution in [0.2, 0.25) is 0 Å². The molecule has 2 heterocycles. The van der Waals surface area contributed by atoms with Gasteiger partial charge in [0.25, 0.3) is 0 Å². The largest absolute Gasteiger partial charge is 0.337 e. The maximum atomic E-state index is 4.81. The third kappa shape index (κ3) is 2.77. The lowest BCUT2D eigenvalue weighted by Gasteiger charge is -2.12. The van der Waals surface area contributed by atoms with Gasteiger partial charge in [0, 0.05) is 11.1 Å². The summed E-state index contributed by atoms with van der Waals surface area (Å²) in [5.74, 6) is 0.736. The number of hydrogen-bond acceptors (Lipinski definition) is 4. The SMILES string of the molecule is CCc1cc(CC)c2cccc(Nc3cnc(C)cn3)c2n1. The second-order valence-corrected chi connectivity index (χ2v) is 5.35. The Labute approximate surface area is 130 Å². The molecule has 0 aliphatic carbocycles. The van der Waals surface area contributed by atoms with Gasteiger partial charge in [-0.2, -0.15) is 0 Å². The molecule has 0 atom stereocenters. The minimum atomic E-state index is 0.736. The molecule has 3 rings (SSSR count). The predicted molar refractivity (Wildman–Crippen MR) is 90.6 cm³/mol. The molecular formula is C18H20N4. The molecular weight excluding hydrogens is 272 g/mol.